The lowest BCUT2D eigenvalue weighted by Crippen LogP contribution is -2.59. The Labute approximate surface area is 162 Å². The third-order valence-corrected chi connectivity index (χ3v) is 5.81. The number of ether oxygens (including phenoxy) is 2. The fourth-order valence-electron chi connectivity index (χ4n) is 4.25. The zero-order valence-corrected chi connectivity index (χ0v) is 15.8. The van der Waals surface area contributed by atoms with Crippen LogP contribution in [0.15, 0.2) is 35.1 Å². The number of para-hydroxylation sites is 2. The molecule has 1 aromatic carbocycles. The normalized spacial score (nSPS) is 23.2. The molecule has 0 N–H and O–H groups in total. The van der Waals surface area contributed by atoms with Gasteiger partial charge < -0.3 is 14.4 Å². The molecule has 1 aromatic heterocycles. The molecule has 0 radical (unpaired) electrons. The summed E-state index contributed by atoms with van der Waals surface area (Å²) in [4.78, 5) is 26.9. The van der Waals surface area contributed by atoms with E-state index in [0.717, 1.165) is 30.5 Å². The lowest BCUT2D eigenvalue weighted by Gasteiger charge is -2.42. The highest BCUT2D eigenvalue weighted by Crippen LogP contribution is 2.34. The summed E-state index contributed by atoms with van der Waals surface area (Å²) in [6.45, 7) is 3.62. The van der Waals surface area contributed by atoms with Gasteiger partial charge in [0.2, 0.25) is 6.10 Å². The molecule has 2 aromatic rings. The van der Waals surface area contributed by atoms with E-state index >= 15 is 0 Å². The molecular weight excluding hydrogens is 358 g/mol. The van der Waals surface area contributed by atoms with Gasteiger partial charge in [0, 0.05) is 25.1 Å². The van der Waals surface area contributed by atoms with Crippen molar-refractivity contribution in [2.45, 2.75) is 44.9 Å². The highest BCUT2D eigenvalue weighted by Gasteiger charge is 2.41. The number of benzene rings is 1. The number of nitrogens with zero attached hydrogens (tertiary/aromatic N) is 3. The van der Waals surface area contributed by atoms with Gasteiger partial charge in [0.25, 0.3) is 11.5 Å². The van der Waals surface area contributed by atoms with Crippen LogP contribution in [0.25, 0.3) is 0 Å². The van der Waals surface area contributed by atoms with Gasteiger partial charge in [-0.05, 0) is 43.9 Å². The average molecular weight is 381 g/mol. The van der Waals surface area contributed by atoms with Crippen LogP contribution in [0.5, 0.6) is 11.5 Å². The van der Waals surface area contributed by atoms with E-state index < -0.39 is 6.10 Å². The minimum absolute atomic E-state index is 0.0420. The number of amides is 1. The Hall–Kier alpha value is -2.83. The summed E-state index contributed by atoms with van der Waals surface area (Å²) in [5.74, 6) is 1.45. The van der Waals surface area contributed by atoms with Crippen molar-refractivity contribution in [2.24, 2.45) is 5.92 Å². The summed E-state index contributed by atoms with van der Waals surface area (Å²) in [7, 11) is 0. The van der Waals surface area contributed by atoms with Crippen LogP contribution in [0, 0.1) is 5.92 Å². The van der Waals surface area contributed by atoms with Crippen molar-refractivity contribution in [3.8, 4) is 11.5 Å². The van der Waals surface area contributed by atoms with Gasteiger partial charge >= 0.3 is 0 Å². The smallest absolute Gasteiger partial charge is 0.267 e. The zero-order valence-electron chi connectivity index (χ0n) is 15.8. The lowest BCUT2D eigenvalue weighted by atomic mass is 9.98. The molecule has 0 spiro atoms. The molecule has 0 bridgehead atoms. The van der Waals surface area contributed by atoms with Crippen molar-refractivity contribution in [2.75, 3.05) is 13.1 Å². The van der Waals surface area contributed by atoms with Crippen LogP contribution in [0.1, 0.15) is 24.6 Å². The quantitative estimate of drug-likeness (QED) is 0.804. The third kappa shape index (κ3) is 2.95. The monoisotopic (exact) mass is 381 g/mol. The van der Waals surface area contributed by atoms with E-state index in [1.807, 2.05) is 31.2 Å². The van der Waals surface area contributed by atoms with Crippen LogP contribution >= 0.6 is 0 Å². The van der Waals surface area contributed by atoms with Crippen molar-refractivity contribution in [3.63, 3.8) is 0 Å². The maximum absolute atomic E-state index is 12.9. The molecule has 3 aliphatic rings. The molecule has 2 aliphatic heterocycles. The van der Waals surface area contributed by atoms with Crippen molar-refractivity contribution in [1.82, 2.24) is 14.7 Å². The molecule has 1 fully saturated rings. The molecule has 7 heteroatoms. The number of aryl methyl sites for hydroxylation is 2. The highest BCUT2D eigenvalue weighted by molar-refractivity contribution is 5.83. The largest absolute Gasteiger partial charge is 0.482 e. The van der Waals surface area contributed by atoms with Crippen LogP contribution in [-0.4, -0.2) is 45.9 Å². The maximum Gasteiger partial charge on any atom is 0.267 e. The third-order valence-electron chi connectivity index (χ3n) is 5.81. The second-order valence-electron chi connectivity index (χ2n) is 7.91. The summed E-state index contributed by atoms with van der Waals surface area (Å²) in [5, 5.41) is 4.53. The van der Waals surface area contributed by atoms with E-state index in [1.165, 1.54) is 0 Å². The number of hydrogen-bond acceptors (Lipinski definition) is 5. The molecule has 1 saturated heterocycles. The van der Waals surface area contributed by atoms with Crippen LogP contribution < -0.4 is 15.0 Å². The summed E-state index contributed by atoms with van der Waals surface area (Å²) in [6, 6.07) is 9.12. The zero-order chi connectivity index (χ0) is 19.3. The number of rotatable bonds is 3. The Morgan fingerprint density at radius 2 is 1.93 bits per heavy atom. The topological polar surface area (TPSA) is 73.7 Å². The van der Waals surface area contributed by atoms with Crippen LogP contribution in [-0.2, 0) is 24.2 Å². The molecule has 1 amide bonds. The number of aromatic nitrogens is 2. The molecule has 0 saturated carbocycles. The van der Waals surface area contributed by atoms with E-state index in [1.54, 1.807) is 15.6 Å². The first-order valence-corrected chi connectivity index (χ1v) is 9.89. The fourth-order valence-corrected chi connectivity index (χ4v) is 4.25. The molecular formula is C21H23N3O4. The van der Waals surface area contributed by atoms with Gasteiger partial charge in [0.15, 0.2) is 11.5 Å². The van der Waals surface area contributed by atoms with Crippen LogP contribution in [0.3, 0.4) is 0 Å². The van der Waals surface area contributed by atoms with Gasteiger partial charge in [-0.1, -0.05) is 12.1 Å². The van der Waals surface area contributed by atoms with Gasteiger partial charge in [-0.25, -0.2) is 4.68 Å². The molecule has 3 heterocycles. The minimum Gasteiger partial charge on any atom is -0.482 e. The summed E-state index contributed by atoms with van der Waals surface area (Å²) in [5.41, 5.74) is 2.10. The van der Waals surface area contributed by atoms with E-state index in [0.29, 0.717) is 31.1 Å². The fraction of sp³-hybridized carbons (Fsp3) is 0.476. The first kappa shape index (κ1) is 17.3. The number of likely N-dealkylation sites (tertiary alicyclic amines) is 1. The van der Waals surface area contributed by atoms with Gasteiger partial charge in [0.1, 0.15) is 6.10 Å². The molecule has 28 heavy (non-hydrogen) atoms. The van der Waals surface area contributed by atoms with Gasteiger partial charge in [-0.15, -0.1) is 0 Å². The lowest BCUT2D eigenvalue weighted by molar-refractivity contribution is -0.151. The highest BCUT2D eigenvalue weighted by atomic mass is 16.6. The second-order valence-corrected chi connectivity index (χ2v) is 7.91. The predicted molar refractivity (Wildman–Crippen MR) is 102 cm³/mol. The molecule has 2 atom stereocenters. The number of carbonyl (C=O) groups excluding carboxylic acids is 1. The first-order chi connectivity index (χ1) is 13.6. The van der Waals surface area contributed by atoms with Gasteiger partial charge in [0.05, 0.1) is 12.2 Å². The van der Waals surface area contributed by atoms with Crippen molar-refractivity contribution >= 4 is 5.91 Å². The Balaban J connectivity index is 1.22. The van der Waals surface area contributed by atoms with Crippen molar-refractivity contribution in [1.29, 1.82) is 0 Å². The summed E-state index contributed by atoms with van der Waals surface area (Å²) >= 11 is 0. The Kier molecular flexibility index (Phi) is 4.10. The first-order valence-electron chi connectivity index (χ1n) is 9.89. The minimum atomic E-state index is -0.642. The Morgan fingerprint density at radius 1 is 1.18 bits per heavy atom. The SMILES string of the molecule is CC1Oc2ccccc2OC1C(=O)N1CC(Cn2nc3c(cc2=O)CCC3)C1. The predicted octanol–water partition coefficient (Wildman–Crippen LogP) is 1.42. The molecule has 7 nitrogen and oxygen atoms in total. The van der Waals surface area contributed by atoms with Gasteiger partial charge in [-0.3, -0.25) is 9.59 Å². The van der Waals surface area contributed by atoms with E-state index in [2.05, 4.69) is 5.10 Å². The number of fused-ring (bicyclic) bond motifs is 2. The Bertz CT molecular complexity index is 980. The number of carbonyl (C=O) groups is 1. The average Bonchev–Trinajstić information content (AvgIpc) is 3.10. The van der Waals surface area contributed by atoms with Crippen LogP contribution in [0.4, 0.5) is 0 Å². The van der Waals surface area contributed by atoms with Gasteiger partial charge in [-0.2, -0.15) is 5.10 Å². The standard InChI is InChI=1S/C21H23N3O4/c1-13-20(28-18-8-3-2-7-17(18)27-13)21(26)23-10-14(11-23)12-24-19(25)9-15-5-4-6-16(15)22-24/h2-3,7-9,13-14,20H,4-6,10-12H2,1H3. The Morgan fingerprint density at radius 3 is 2.71 bits per heavy atom. The van der Waals surface area contributed by atoms with E-state index in [-0.39, 0.29) is 23.5 Å². The molecule has 1 aliphatic carbocycles. The van der Waals surface area contributed by atoms with Crippen molar-refractivity contribution < 1.29 is 14.3 Å². The second kappa shape index (κ2) is 6.65. The van der Waals surface area contributed by atoms with E-state index in [4.69, 9.17) is 9.47 Å². The molecule has 5 rings (SSSR count). The van der Waals surface area contributed by atoms with Crippen molar-refractivity contribution in [3.05, 3.63) is 51.9 Å². The van der Waals surface area contributed by atoms with Crippen LogP contribution in [0.2, 0.25) is 0 Å². The molecule has 146 valence electrons. The van der Waals surface area contributed by atoms with E-state index in [9.17, 15) is 9.59 Å². The number of hydrogen-bond donors (Lipinski definition) is 0. The maximum atomic E-state index is 12.9. The summed E-state index contributed by atoms with van der Waals surface area (Å²) in [6.07, 6.45) is 1.99. The molecule has 2 unspecified atom stereocenters. The summed E-state index contributed by atoms with van der Waals surface area (Å²) < 4.78 is 13.3.